The molecule has 0 aliphatic heterocycles. The van der Waals surface area contributed by atoms with E-state index in [2.05, 4.69) is 4.85 Å². The predicted octanol–water partition coefficient (Wildman–Crippen LogP) is 1.74. The molecule has 0 aromatic rings. The number of esters is 1. The lowest BCUT2D eigenvalue weighted by Gasteiger charge is -2.26. The van der Waals surface area contributed by atoms with E-state index in [0.717, 1.165) is 0 Å². The Balaban J connectivity index is 5.10. The molecule has 0 heterocycles. The Bertz CT molecular complexity index is 345. The summed E-state index contributed by atoms with van der Waals surface area (Å²) in [7, 11) is 0. The van der Waals surface area contributed by atoms with Crippen LogP contribution in [0.15, 0.2) is 0 Å². The first-order chi connectivity index (χ1) is 8.05. The van der Waals surface area contributed by atoms with Gasteiger partial charge in [-0.15, -0.1) is 0 Å². The van der Waals surface area contributed by atoms with E-state index in [1.54, 1.807) is 6.92 Å². The number of ether oxygens (including phenoxy) is 1. The summed E-state index contributed by atoms with van der Waals surface area (Å²) in [6.07, 6.45) is 0.329. The molecule has 0 rings (SSSR count). The second-order valence-electron chi connectivity index (χ2n) is 3.65. The van der Waals surface area contributed by atoms with E-state index in [1.165, 1.54) is 6.92 Å². The highest BCUT2D eigenvalue weighted by atomic mass is 16.5. The number of hydrogen-bond donors (Lipinski definition) is 0. The molecule has 0 spiro atoms. The van der Waals surface area contributed by atoms with Gasteiger partial charge in [-0.1, -0.05) is 0 Å². The summed E-state index contributed by atoms with van der Waals surface area (Å²) in [4.78, 5) is 26.7. The second kappa shape index (κ2) is 7.40. The van der Waals surface area contributed by atoms with Gasteiger partial charge in [-0.2, -0.15) is 5.26 Å². The van der Waals surface area contributed by atoms with Gasteiger partial charge in [0.05, 0.1) is 12.7 Å². The highest BCUT2D eigenvalue weighted by Crippen LogP contribution is 2.31. The molecule has 17 heavy (non-hydrogen) atoms. The number of nitrogens with zero attached hydrogens (tertiary/aromatic N) is 2. The van der Waals surface area contributed by atoms with Crippen LogP contribution in [-0.4, -0.2) is 24.9 Å². The first-order valence-electron chi connectivity index (χ1n) is 5.43. The normalized spacial score (nSPS) is 12.9. The van der Waals surface area contributed by atoms with Crippen LogP contribution in [0.25, 0.3) is 4.85 Å². The summed E-state index contributed by atoms with van der Waals surface area (Å²) in [5.41, 5.74) is -1.32. The third kappa shape index (κ3) is 3.88. The molecule has 5 nitrogen and oxygen atoms in total. The fourth-order valence-electron chi connectivity index (χ4n) is 1.61. The van der Waals surface area contributed by atoms with E-state index in [1.807, 2.05) is 6.07 Å². The van der Waals surface area contributed by atoms with Crippen LogP contribution in [-0.2, 0) is 14.3 Å². The molecular weight excluding hydrogens is 220 g/mol. The van der Waals surface area contributed by atoms with E-state index in [-0.39, 0.29) is 38.2 Å². The number of nitriles is 1. The zero-order chi connectivity index (χ0) is 13.3. The smallest absolute Gasteiger partial charge is 0.319 e. The fourth-order valence-corrected chi connectivity index (χ4v) is 1.61. The maximum atomic E-state index is 11.9. The molecule has 0 fully saturated rings. The molecule has 1 atom stereocenters. The lowest BCUT2D eigenvalue weighted by Crippen LogP contribution is -2.40. The maximum absolute atomic E-state index is 11.9. The number of ketones is 1. The van der Waals surface area contributed by atoms with Crippen LogP contribution in [0.5, 0.6) is 0 Å². The predicted molar refractivity (Wildman–Crippen MR) is 60.7 cm³/mol. The van der Waals surface area contributed by atoms with Crippen molar-refractivity contribution in [2.75, 3.05) is 13.2 Å². The van der Waals surface area contributed by atoms with E-state index >= 15 is 0 Å². The van der Waals surface area contributed by atoms with Crippen molar-refractivity contribution in [2.24, 2.45) is 5.41 Å². The van der Waals surface area contributed by atoms with E-state index in [0.29, 0.717) is 0 Å². The maximum Gasteiger partial charge on any atom is 0.319 e. The van der Waals surface area contributed by atoms with Crippen LogP contribution < -0.4 is 0 Å². The topological polar surface area (TPSA) is 71.5 Å². The Hall–Kier alpha value is -1.88. The Labute approximate surface area is 101 Å². The Kier molecular flexibility index (Phi) is 6.58. The molecule has 0 radical (unpaired) electrons. The van der Waals surface area contributed by atoms with Gasteiger partial charge in [0.25, 0.3) is 0 Å². The molecule has 92 valence electrons. The summed E-state index contributed by atoms with van der Waals surface area (Å²) >= 11 is 0. The molecule has 5 heteroatoms. The molecule has 0 saturated carbocycles. The van der Waals surface area contributed by atoms with Gasteiger partial charge in [-0.05, 0) is 20.3 Å². The summed E-state index contributed by atoms with van der Waals surface area (Å²) in [5.74, 6) is -0.957. The quantitative estimate of drug-likeness (QED) is 0.383. The lowest BCUT2D eigenvalue weighted by atomic mass is 9.76. The minimum atomic E-state index is -1.32. The summed E-state index contributed by atoms with van der Waals surface area (Å²) in [6.45, 7) is 9.95. The van der Waals surface area contributed by atoms with Crippen molar-refractivity contribution in [3.05, 3.63) is 11.4 Å². The van der Waals surface area contributed by atoms with E-state index < -0.39 is 11.4 Å². The van der Waals surface area contributed by atoms with E-state index in [4.69, 9.17) is 16.6 Å². The van der Waals surface area contributed by atoms with Crippen molar-refractivity contribution in [1.82, 2.24) is 0 Å². The van der Waals surface area contributed by atoms with Crippen molar-refractivity contribution >= 4 is 11.8 Å². The molecule has 0 bridgehead atoms. The van der Waals surface area contributed by atoms with Crippen molar-refractivity contribution in [1.29, 1.82) is 5.26 Å². The fraction of sp³-hybridized carbons (Fsp3) is 0.667. The largest absolute Gasteiger partial charge is 0.465 e. The molecule has 1 unspecified atom stereocenters. The van der Waals surface area contributed by atoms with E-state index in [9.17, 15) is 9.59 Å². The van der Waals surface area contributed by atoms with Crippen LogP contribution in [0.4, 0.5) is 0 Å². The second-order valence-corrected chi connectivity index (χ2v) is 3.65. The third-order valence-corrected chi connectivity index (χ3v) is 2.65. The van der Waals surface area contributed by atoms with Crippen molar-refractivity contribution in [3.8, 4) is 6.07 Å². The molecule has 0 N–H and O–H groups in total. The van der Waals surface area contributed by atoms with Crippen LogP contribution in [0.3, 0.4) is 0 Å². The van der Waals surface area contributed by atoms with Gasteiger partial charge in [-0.25, -0.2) is 6.57 Å². The molecule has 0 aliphatic carbocycles. The van der Waals surface area contributed by atoms with Gasteiger partial charge in [0.2, 0.25) is 6.54 Å². The zero-order valence-electron chi connectivity index (χ0n) is 10.2. The minimum absolute atomic E-state index is 0.0732. The monoisotopic (exact) mass is 236 g/mol. The highest BCUT2D eigenvalue weighted by Gasteiger charge is 2.44. The van der Waals surface area contributed by atoms with Crippen LogP contribution in [0.1, 0.15) is 33.1 Å². The molecule has 0 saturated heterocycles. The first-order valence-corrected chi connectivity index (χ1v) is 5.43. The molecular formula is C12H16N2O3. The summed E-state index contributed by atoms with van der Waals surface area (Å²) in [5, 5.41) is 8.57. The number of carbonyl (C=O) groups is 2. The van der Waals surface area contributed by atoms with Gasteiger partial charge in [0.15, 0.2) is 0 Å². The SMILES string of the molecule is [C-]#[N+]CCC(CCC#N)(C(C)=O)C(=O)OCC. The van der Waals surface area contributed by atoms with Gasteiger partial charge in [0.1, 0.15) is 11.2 Å². The van der Waals surface area contributed by atoms with Crippen LogP contribution in [0.2, 0.25) is 0 Å². The lowest BCUT2D eigenvalue weighted by molar-refractivity contribution is -0.160. The van der Waals surface area contributed by atoms with Crippen LogP contribution >= 0.6 is 0 Å². The molecule has 0 aliphatic rings. The van der Waals surface area contributed by atoms with Crippen LogP contribution in [0, 0.1) is 23.3 Å². The number of hydrogen-bond acceptors (Lipinski definition) is 4. The summed E-state index contributed by atoms with van der Waals surface area (Å²) < 4.78 is 4.89. The van der Waals surface area contributed by atoms with Gasteiger partial charge in [-0.3, -0.25) is 9.59 Å². The number of carbonyl (C=O) groups excluding carboxylic acids is 2. The van der Waals surface area contributed by atoms with Gasteiger partial charge < -0.3 is 9.58 Å². The Morgan fingerprint density at radius 1 is 1.47 bits per heavy atom. The van der Waals surface area contributed by atoms with Crippen molar-refractivity contribution in [2.45, 2.75) is 33.1 Å². The molecule has 0 aromatic heterocycles. The van der Waals surface area contributed by atoms with Gasteiger partial charge in [0, 0.05) is 12.8 Å². The zero-order valence-corrected chi connectivity index (χ0v) is 10.2. The highest BCUT2D eigenvalue weighted by molar-refractivity contribution is 6.02. The van der Waals surface area contributed by atoms with Crippen molar-refractivity contribution in [3.63, 3.8) is 0 Å². The Morgan fingerprint density at radius 3 is 2.53 bits per heavy atom. The summed E-state index contributed by atoms with van der Waals surface area (Å²) in [6, 6.07) is 1.91. The third-order valence-electron chi connectivity index (χ3n) is 2.65. The molecule has 0 aromatic carbocycles. The average Bonchev–Trinajstić information content (AvgIpc) is 2.29. The standard InChI is InChI=1S/C12H16N2O3/c1-4-17-11(16)12(10(2)15,6-5-8-13)7-9-14-3/h4-7,9H2,1-2H3. The molecule has 0 amide bonds. The van der Waals surface area contributed by atoms with Crippen molar-refractivity contribution < 1.29 is 14.3 Å². The number of Topliss-reactive ketones (excluding diaryl/α,β-unsaturated/α-hetero) is 1. The average molecular weight is 236 g/mol. The first kappa shape index (κ1) is 15.1. The Morgan fingerprint density at radius 2 is 2.12 bits per heavy atom. The minimum Gasteiger partial charge on any atom is -0.465 e. The number of rotatable bonds is 7. The van der Waals surface area contributed by atoms with Gasteiger partial charge >= 0.3 is 5.97 Å².